The number of rotatable bonds is 8. The number of Topliss-reactive ketones (excluding diaryl/α,β-unsaturated/α-hetero) is 1. The maximum atomic E-state index is 12.2. The number of carbonyl (C=O) groups excluding carboxylic acids is 1. The summed E-state index contributed by atoms with van der Waals surface area (Å²) in [5.41, 5.74) is -0.389. The minimum Gasteiger partial charge on any atom is -0.370 e. The van der Waals surface area contributed by atoms with Gasteiger partial charge in [-0.3, -0.25) is 4.79 Å². The highest BCUT2D eigenvalue weighted by atomic mass is 16.5. The van der Waals surface area contributed by atoms with E-state index in [2.05, 4.69) is 13.8 Å². The molecular formula is C14H26O2. The van der Waals surface area contributed by atoms with Gasteiger partial charge in [-0.25, -0.2) is 0 Å². The van der Waals surface area contributed by atoms with Gasteiger partial charge in [0.05, 0.1) is 0 Å². The number of hydrogen-bond acceptors (Lipinski definition) is 2. The van der Waals surface area contributed by atoms with E-state index in [1.54, 1.807) is 7.11 Å². The monoisotopic (exact) mass is 226 g/mol. The van der Waals surface area contributed by atoms with Crippen molar-refractivity contribution >= 4 is 5.78 Å². The van der Waals surface area contributed by atoms with E-state index in [-0.39, 0.29) is 5.60 Å². The van der Waals surface area contributed by atoms with Crippen LogP contribution in [-0.2, 0) is 9.53 Å². The molecule has 0 heterocycles. The lowest BCUT2D eigenvalue weighted by Gasteiger charge is -2.39. The highest BCUT2D eigenvalue weighted by molar-refractivity contribution is 5.88. The second kappa shape index (κ2) is 6.39. The van der Waals surface area contributed by atoms with E-state index in [9.17, 15) is 4.79 Å². The van der Waals surface area contributed by atoms with Gasteiger partial charge in [-0.05, 0) is 25.2 Å². The third-order valence-electron chi connectivity index (χ3n) is 4.08. The topological polar surface area (TPSA) is 26.3 Å². The van der Waals surface area contributed by atoms with Crippen molar-refractivity contribution in [1.29, 1.82) is 0 Å². The molecule has 0 bridgehead atoms. The first-order chi connectivity index (χ1) is 7.68. The van der Waals surface area contributed by atoms with E-state index in [0.717, 1.165) is 32.1 Å². The molecule has 0 aromatic heterocycles. The van der Waals surface area contributed by atoms with Gasteiger partial charge >= 0.3 is 0 Å². The number of unbranched alkanes of at least 4 members (excludes halogenated alkanes) is 1. The molecule has 1 fully saturated rings. The van der Waals surface area contributed by atoms with Crippen LogP contribution in [0.3, 0.4) is 0 Å². The Morgan fingerprint density at radius 2 is 2.06 bits per heavy atom. The average Bonchev–Trinajstić information content (AvgIpc) is 2.23. The number of ether oxygens (including phenoxy) is 1. The molecule has 2 heteroatoms. The molecule has 1 saturated carbocycles. The van der Waals surface area contributed by atoms with Gasteiger partial charge in [0.15, 0.2) is 5.78 Å². The Morgan fingerprint density at radius 1 is 1.38 bits per heavy atom. The molecular weight excluding hydrogens is 200 g/mol. The van der Waals surface area contributed by atoms with Crippen LogP contribution in [0, 0.1) is 5.92 Å². The van der Waals surface area contributed by atoms with Crippen molar-refractivity contribution in [3.8, 4) is 0 Å². The lowest BCUT2D eigenvalue weighted by Crippen LogP contribution is -2.47. The van der Waals surface area contributed by atoms with Crippen molar-refractivity contribution in [3.05, 3.63) is 0 Å². The van der Waals surface area contributed by atoms with Gasteiger partial charge in [-0.2, -0.15) is 0 Å². The molecule has 0 saturated heterocycles. The molecule has 0 radical (unpaired) electrons. The predicted octanol–water partition coefficient (Wildman–Crippen LogP) is 3.73. The van der Waals surface area contributed by atoms with Crippen molar-refractivity contribution in [2.24, 2.45) is 5.92 Å². The summed E-state index contributed by atoms with van der Waals surface area (Å²) >= 11 is 0. The van der Waals surface area contributed by atoms with Crippen LogP contribution in [0.1, 0.15) is 65.2 Å². The molecule has 1 aliphatic carbocycles. The summed E-state index contributed by atoms with van der Waals surface area (Å²) in [5.74, 6) is 0.921. The molecule has 1 unspecified atom stereocenters. The molecule has 0 aromatic carbocycles. The molecule has 0 amide bonds. The largest absolute Gasteiger partial charge is 0.370 e. The average molecular weight is 226 g/mol. The van der Waals surface area contributed by atoms with Gasteiger partial charge in [0.2, 0.25) is 0 Å². The van der Waals surface area contributed by atoms with Gasteiger partial charge < -0.3 is 4.74 Å². The van der Waals surface area contributed by atoms with E-state index in [1.165, 1.54) is 19.3 Å². The molecule has 0 aromatic rings. The molecule has 0 spiro atoms. The first kappa shape index (κ1) is 13.7. The fraction of sp³-hybridized carbons (Fsp3) is 0.929. The Labute approximate surface area is 99.8 Å². The van der Waals surface area contributed by atoms with Crippen LogP contribution in [-0.4, -0.2) is 18.5 Å². The lowest BCUT2D eigenvalue weighted by molar-refractivity contribution is -0.152. The lowest BCUT2D eigenvalue weighted by atomic mass is 9.74. The fourth-order valence-electron chi connectivity index (χ4n) is 2.49. The molecule has 2 nitrogen and oxygen atoms in total. The smallest absolute Gasteiger partial charge is 0.164 e. The van der Waals surface area contributed by atoms with Crippen LogP contribution in [0.5, 0.6) is 0 Å². The van der Waals surface area contributed by atoms with Crippen molar-refractivity contribution in [1.82, 2.24) is 0 Å². The summed E-state index contributed by atoms with van der Waals surface area (Å²) in [7, 11) is 1.68. The molecule has 1 aliphatic rings. The zero-order chi connectivity index (χ0) is 12.0. The summed E-state index contributed by atoms with van der Waals surface area (Å²) < 4.78 is 5.44. The second-order valence-corrected chi connectivity index (χ2v) is 5.10. The maximum absolute atomic E-state index is 12.2. The molecule has 0 aliphatic heterocycles. The summed E-state index contributed by atoms with van der Waals surface area (Å²) in [6.45, 7) is 4.39. The highest BCUT2D eigenvalue weighted by Crippen LogP contribution is 2.38. The third-order valence-corrected chi connectivity index (χ3v) is 4.08. The normalized spacial score (nSPS) is 20.2. The van der Waals surface area contributed by atoms with Crippen LogP contribution >= 0.6 is 0 Å². The van der Waals surface area contributed by atoms with Gasteiger partial charge in [0.1, 0.15) is 5.60 Å². The van der Waals surface area contributed by atoms with Crippen LogP contribution in [0.2, 0.25) is 0 Å². The molecule has 1 rings (SSSR count). The van der Waals surface area contributed by atoms with Crippen molar-refractivity contribution < 1.29 is 9.53 Å². The minimum atomic E-state index is -0.389. The van der Waals surface area contributed by atoms with E-state index in [1.807, 2.05) is 0 Å². The summed E-state index contributed by atoms with van der Waals surface area (Å²) in [5, 5.41) is 0. The van der Waals surface area contributed by atoms with Gasteiger partial charge in [-0.15, -0.1) is 0 Å². The van der Waals surface area contributed by atoms with Crippen LogP contribution in [0.15, 0.2) is 0 Å². The van der Waals surface area contributed by atoms with Gasteiger partial charge in [0.25, 0.3) is 0 Å². The van der Waals surface area contributed by atoms with Gasteiger partial charge in [0, 0.05) is 13.5 Å². The zero-order valence-corrected chi connectivity index (χ0v) is 11.1. The Kier molecular flexibility index (Phi) is 5.47. The minimum absolute atomic E-state index is 0.351. The summed E-state index contributed by atoms with van der Waals surface area (Å²) in [6.07, 6.45) is 8.52. The van der Waals surface area contributed by atoms with E-state index in [0.29, 0.717) is 11.7 Å². The summed E-state index contributed by atoms with van der Waals surface area (Å²) in [4.78, 5) is 12.2. The number of carbonyl (C=O) groups is 1. The second-order valence-electron chi connectivity index (χ2n) is 5.10. The number of methoxy groups -OCH3 is 1. The van der Waals surface area contributed by atoms with E-state index >= 15 is 0 Å². The van der Waals surface area contributed by atoms with Crippen LogP contribution < -0.4 is 0 Å². The first-order valence-electron chi connectivity index (χ1n) is 6.77. The molecule has 0 N–H and O–H groups in total. The Bertz CT molecular complexity index is 213. The van der Waals surface area contributed by atoms with Crippen molar-refractivity contribution in [3.63, 3.8) is 0 Å². The Hall–Kier alpha value is -0.370. The standard InChI is InChI=1S/C14H26O2/c1-4-6-8-12(5-2)11-13(15)14(16-3)9-7-10-14/h12H,4-11H2,1-3H3. The van der Waals surface area contributed by atoms with E-state index < -0.39 is 0 Å². The quantitative estimate of drug-likeness (QED) is 0.630. The molecule has 94 valence electrons. The zero-order valence-electron chi connectivity index (χ0n) is 11.1. The van der Waals surface area contributed by atoms with Crippen molar-refractivity contribution in [2.45, 2.75) is 70.8 Å². The molecule has 16 heavy (non-hydrogen) atoms. The Morgan fingerprint density at radius 3 is 2.44 bits per heavy atom. The molecule has 1 atom stereocenters. The van der Waals surface area contributed by atoms with Crippen molar-refractivity contribution in [2.75, 3.05) is 7.11 Å². The summed E-state index contributed by atoms with van der Waals surface area (Å²) in [6, 6.07) is 0. The van der Waals surface area contributed by atoms with Crippen LogP contribution in [0.4, 0.5) is 0 Å². The van der Waals surface area contributed by atoms with Crippen LogP contribution in [0.25, 0.3) is 0 Å². The SMILES string of the molecule is CCCCC(CC)CC(=O)C1(OC)CCC1. The number of hydrogen-bond donors (Lipinski definition) is 0. The first-order valence-corrected chi connectivity index (χ1v) is 6.77. The third kappa shape index (κ3) is 3.07. The highest BCUT2D eigenvalue weighted by Gasteiger charge is 2.44. The Balaban J connectivity index is 2.41. The maximum Gasteiger partial charge on any atom is 0.164 e. The fourth-order valence-corrected chi connectivity index (χ4v) is 2.49. The van der Waals surface area contributed by atoms with Gasteiger partial charge in [-0.1, -0.05) is 39.5 Å². The van der Waals surface area contributed by atoms with E-state index in [4.69, 9.17) is 4.74 Å². The predicted molar refractivity (Wildman–Crippen MR) is 66.5 cm³/mol. The number of ketones is 1.